The number of aromatic amines is 1. The molecule has 0 radical (unpaired) electrons. The van der Waals surface area contributed by atoms with E-state index in [1.165, 1.54) is 6.33 Å². The van der Waals surface area contributed by atoms with Crippen molar-refractivity contribution in [3.8, 4) is 16.8 Å². The van der Waals surface area contributed by atoms with Crippen molar-refractivity contribution < 1.29 is 9.53 Å². The molecule has 0 unspecified atom stereocenters. The Morgan fingerprint density at radius 2 is 1.87 bits per heavy atom. The van der Waals surface area contributed by atoms with Crippen molar-refractivity contribution in [2.24, 2.45) is 5.92 Å². The number of nitrogens with zero attached hydrogens (tertiary/aromatic N) is 2. The van der Waals surface area contributed by atoms with E-state index in [2.05, 4.69) is 15.3 Å². The minimum atomic E-state index is -0.429. The SMILES string of the molecule is CC(C)COC(=O)NCc1ccc(-c2cn(-c3ccccc3)c3nc[nH]c(=O)c23)cc1. The van der Waals surface area contributed by atoms with Gasteiger partial charge in [-0.05, 0) is 29.2 Å². The average molecular weight is 416 g/mol. The molecule has 0 saturated carbocycles. The van der Waals surface area contributed by atoms with Crippen LogP contribution in [0.15, 0.2) is 71.9 Å². The van der Waals surface area contributed by atoms with E-state index in [4.69, 9.17) is 4.74 Å². The van der Waals surface area contributed by atoms with Gasteiger partial charge in [0.05, 0.1) is 18.3 Å². The van der Waals surface area contributed by atoms with E-state index in [0.29, 0.717) is 30.1 Å². The van der Waals surface area contributed by atoms with E-state index in [0.717, 1.165) is 22.4 Å². The monoisotopic (exact) mass is 416 g/mol. The Morgan fingerprint density at radius 1 is 1.13 bits per heavy atom. The molecule has 2 aromatic heterocycles. The number of hydrogen-bond donors (Lipinski definition) is 2. The molecule has 7 heteroatoms. The third-order valence-electron chi connectivity index (χ3n) is 4.87. The lowest BCUT2D eigenvalue weighted by molar-refractivity contribution is 0.132. The summed E-state index contributed by atoms with van der Waals surface area (Å²) in [4.78, 5) is 31.4. The number of aromatic nitrogens is 3. The summed E-state index contributed by atoms with van der Waals surface area (Å²) in [5.41, 5.74) is 3.96. The molecule has 0 saturated heterocycles. The molecule has 0 spiro atoms. The van der Waals surface area contributed by atoms with Crippen LogP contribution in [0, 0.1) is 5.92 Å². The summed E-state index contributed by atoms with van der Waals surface area (Å²) in [6, 6.07) is 17.5. The van der Waals surface area contributed by atoms with Crippen LogP contribution in [-0.2, 0) is 11.3 Å². The molecular weight excluding hydrogens is 392 g/mol. The van der Waals surface area contributed by atoms with Gasteiger partial charge in [-0.3, -0.25) is 4.79 Å². The van der Waals surface area contributed by atoms with Crippen LogP contribution in [0.2, 0.25) is 0 Å². The highest BCUT2D eigenvalue weighted by molar-refractivity contribution is 5.94. The molecule has 0 aliphatic heterocycles. The van der Waals surface area contributed by atoms with Gasteiger partial charge in [0.15, 0.2) is 5.65 Å². The highest BCUT2D eigenvalue weighted by Gasteiger charge is 2.15. The smallest absolute Gasteiger partial charge is 0.407 e. The number of rotatable bonds is 6. The summed E-state index contributed by atoms with van der Waals surface area (Å²) in [5.74, 6) is 0.292. The van der Waals surface area contributed by atoms with E-state index >= 15 is 0 Å². The standard InChI is InChI=1S/C24H24N4O3/c1-16(2)14-31-24(30)25-12-17-8-10-18(11-9-17)20-13-28(19-6-4-3-5-7-19)22-21(20)23(29)27-15-26-22/h3-11,13,15-16H,12,14H2,1-2H3,(H,25,30)(H,26,27,29). The summed E-state index contributed by atoms with van der Waals surface area (Å²) >= 11 is 0. The number of hydrogen-bond acceptors (Lipinski definition) is 4. The van der Waals surface area contributed by atoms with Crippen LogP contribution >= 0.6 is 0 Å². The Labute approximate surface area is 179 Å². The Kier molecular flexibility index (Phi) is 5.84. The first-order valence-corrected chi connectivity index (χ1v) is 10.2. The maximum absolute atomic E-state index is 12.6. The number of nitrogens with one attached hydrogen (secondary N) is 2. The molecule has 0 fully saturated rings. The fourth-order valence-corrected chi connectivity index (χ4v) is 3.34. The molecule has 158 valence electrons. The van der Waals surface area contributed by atoms with Crippen LogP contribution in [0.5, 0.6) is 0 Å². The van der Waals surface area contributed by atoms with Gasteiger partial charge in [-0.15, -0.1) is 0 Å². The highest BCUT2D eigenvalue weighted by atomic mass is 16.5. The molecule has 31 heavy (non-hydrogen) atoms. The lowest BCUT2D eigenvalue weighted by Crippen LogP contribution is -2.25. The van der Waals surface area contributed by atoms with Gasteiger partial charge >= 0.3 is 6.09 Å². The minimum absolute atomic E-state index is 0.187. The molecule has 2 aromatic carbocycles. The van der Waals surface area contributed by atoms with E-state index in [9.17, 15) is 9.59 Å². The molecule has 4 rings (SSSR count). The first kappa shape index (κ1) is 20.4. The van der Waals surface area contributed by atoms with Crippen molar-refractivity contribution in [3.05, 3.63) is 83.0 Å². The third kappa shape index (κ3) is 4.50. The van der Waals surface area contributed by atoms with Crippen LogP contribution in [0.4, 0.5) is 4.79 Å². The van der Waals surface area contributed by atoms with Gasteiger partial charge in [0.2, 0.25) is 0 Å². The van der Waals surface area contributed by atoms with Crippen LogP contribution in [0.1, 0.15) is 19.4 Å². The van der Waals surface area contributed by atoms with Crippen molar-refractivity contribution in [3.63, 3.8) is 0 Å². The second kappa shape index (κ2) is 8.87. The lowest BCUT2D eigenvalue weighted by atomic mass is 10.0. The number of carbonyl (C=O) groups excluding carboxylic acids is 1. The van der Waals surface area contributed by atoms with E-state index in [-0.39, 0.29) is 5.56 Å². The zero-order valence-electron chi connectivity index (χ0n) is 17.5. The van der Waals surface area contributed by atoms with Crippen LogP contribution in [0.25, 0.3) is 27.8 Å². The Balaban J connectivity index is 1.61. The number of benzene rings is 2. The molecule has 1 amide bonds. The summed E-state index contributed by atoms with van der Waals surface area (Å²) in [6.07, 6.45) is 2.92. The average Bonchev–Trinajstić information content (AvgIpc) is 3.18. The first-order valence-electron chi connectivity index (χ1n) is 10.2. The summed E-state index contributed by atoms with van der Waals surface area (Å²) in [7, 11) is 0. The molecule has 4 aromatic rings. The Bertz CT molecular complexity index is 1240. The van der Waals surface area contributed by atoms with Gasteiger partial charge in [-0.25, -0.2) is 9.78 Å². The van der Waals surface area contributed by atoms with Gasteiger partial charge in [0.25, 0.3) is 5.56 Å². The molecule has 0 atom stereocenters. The fraction of sp³-hybridized carbons (Fsp3) is 0.208. The van der Waals surface area contributed by atoms with E-state index < -0.39 is 6.09 Å². The molecule has 0 aliphatic rings. The summed E-state index contributed by atoms with van der Waals surface area (Å²) in [5, 5.41) is 3.28. The van der Waals surface area contributed by atoms with Gasteiger partial charge in [-0.1, -0.05) is 56.3 Å². The number of alkyl carbamates (subject to hydrolysis) is 1. The van der Waals surface area contributed by atoms with Crippen molar-refractivity contribution in [2.75, 3.05) is 6.61 Å². The summed E-state index contributed by atoms with van der Waals surface area (Å²) < 4.78 is 7.04. The molecule has 0 aliphatic carbocycles. The number of H-pyrrole nitrogens is 1. The van der Waals surface area contributed by atoms with Gasteiger partial charge < -0.3 is 19.6 Å². The largest absolute Gasteiger partial charge is 0.449 e. The van der Waals surface area contributed by atoms with Gasteiger partial charge in [0.1, 0.15) is 0 Å². The van der Waals surface area contributed by atoms with Gasteiger partial charge in [0, 0.05) is 24.0 Å². The zero-order valence-corrected chi connectivity index (χ0v) is 17.5. The Hall–Kier alpha value is -3.87. The number of ether oxygens (including phenoxy) is 1. The minimum Gasteiger partial charge on any atom is -0.449 e. The van der Waals surface area contributed by atoms with Crippen molar-refractivity contribution in [1.29, 1.82) is 0 Å². The van der Waals surface area contributed by atoms with Crippen LogP contribution in [-0.4, -0.2) is 27.2 Å². The molecule has 0 bridgehead atoms. The number of carbonyl (C=O) groups is 1. The zero-order chi connectivity index (χ0) is 21.8. The normalized spacial score (nSPS) is 11.1. The molecule has 2 heterocycles. The van der Waals surface area contributed by atoms with Crippen LogP contribution in [0.3, 0.4) is 0 Å². The summed E-state index contributed by atoms with van der Waals surface area (Å²) in [6.45, 7) is 4.73. The maximum atomic E-state index is 12.6. The van der Waals surface area contributed by atoms with Crippen LogP contribution < -0.4 is 10.9 Å². The maximum Gasteiger partial charge on any atom is 0.407 e. The van der Waals surface area contributed by atoms with E-state index in [1.807, 2.05) is 79.2 Å². The first-order chi connectivity index (χ1) is 15.0. The highest BCUT2D eigenvalue weighted by Crippen LogP contribution is 2.29. The third-order valence-corrected chi connectivity index (χ3v) is 4.87. The van der Waals surface area contributed by atoms with Crippen molar-refractivity contribution in [1.82, 2.24) is 19.9 Å². The molecule has 2 N–H and O–H groups in total. The van der Waals surface area contributed by atoms with Crippen molar-refractivity contribution in [2.45, 2.75) is 20.4 Å². The quantitative estimate of drug-likeness (QED) is 0.491. The number of amides is 1. The second-order valence-electron chi connectivity index (χ2n) is 7.72. The Morgan fingerprint density at radius 3 is 2.58 bits per heavy atom. The van der Waals surface area contributed by atoms with Crippen molar-refractivity contribution >= 4 is 17.1 Å². The molecule has 7 nitrogen and oxygen atoms in total. The predicted octanol–water partition coefficient (Wildman–Crippen LogP) is 4.26. The topological polar surface area (TPSA) is 89.0 Å². The van der Waals surface area contributed by atoms with E-state index in [1.54, 1.807) is 0 Å². The lowest BCUT2D eigenvalue weighted by Gasteiger charge is -2.09. The number of fused-ring (bicyclic) bond motifs is 1. The predicted molar refractivity (Wildman–Crippen MR) is 120 cm³/mol. The second-order valence-corrected chi connectivity index (χ2v) is 7.72. The number of para-hydroxylation sites is 1. The molecular formula is C24H24N4O3. The fourth-order valence-electron chi connectivity index (χ4n) is 3.34. The van der Waals surface area contributed by atoms with Gasteiger partial charge in [-0.2, -0.15) is 0 Å².